The van der Waals surface area contributed by atoms with Crippen LogP contribution in [-0.4, -0.2) is 41.7 Å². The van der Waals surface area contributed by atoms with Crippen molar-refractivity contribution >= 4 is 23.2 Å². The van der Waals surface area contributed by atoms with Gasteiger partial charge in [0.25, 0.3) is 0 Å². The lowest BCUT2D eigenvalue weighted by atomic mass is 9.91. The van der Waals surface area contributed by atoms with Crippen molar-refractivity contribution in [2.24, 2.45) is 5.92 Å². The van der Waals surface area contributed by atoms with E-state index in [1.807, 2.05) is 4.90 Å². The molecule has 2 atom stereocenters. The predicted octanol–water partition coefficient (Wildman–Crippen LogP) is 2.51. The maximum atomic E-state index is 13.0. The summed E-state index contributed by atoms with van der Waals surface area (Å²) < 4.78 is 13.0. The molecule has 1 heterocycles. The number of aliphatic hydroxyl groups excluding tert-OH is 1. The maximum absolute atomic E-state index is 13.0. The van der Waals surface area contributed by atoms with Crippen molar-refractivity contribution in [1.82, 2.24) is 4.90 Å². The summed E-state index contributed by atoms with van der Waals surface area (Å²) >= 11 is 5.89. The molecule has 0 spiro atoms. The highest BCUT2D eigenvalue weighted by atomic mass is 35.5. The second-order valence-corrected chi connectivity index (χ2v) is 5.92. The van der Waals surface area contributed by atoms with Crippen LogP contribution >= 0.6 is 11.6 Å². The number of halogens is 2. The molecule has 2 rings (SSSR count). The molecular weight excluding hydrogens is 295 g/mol. The highest BCUT2D eigenvalue weighted by Gasteiger charge is 2.29. The van der Waals surface area contributed by atoms with Crippen molar-refractivity contribution in [1.29, 1.82) is 0 Å². The summed E-state index contributed by atoms with van der Waals surface area (Å²) in [7, 11) is 0. The van der Waals surface area contributed by atoms with E-state index in [0.29, 0.717) is 11.6 Å². The minimum atomic E-state index is -0.441. The van der Waals surface area contributed by atoms with E-state index >= 15 is 0 Å². The first kappa shape index (κ1) is 16.2. The smallest absolute Gasteiger partial charge is 0.238 e. The van der Waals surface area contributed by atoms with E-state index in [1.165, 1.54) is 12.1 Å². The number of carbonyl (C=O) groups excluding carboxylic acids is 1. The molecule has 1 aromatic carbocycles. The lowest BCUT2D eigenvalue weighted by Crippen LogP contribution is -2.49. The van der Waals surface area contributed by atoms with Gasteiger partial charge in [-0.2, -0.15) is 0 Å². The van der Waals surface area contributed by atoms with Crippen molar-refractivity contribution in [2.75, 3.05) is 25.0 Å². The second-order valence-electron chi connectivity index (χ2n) is 5.51. The number of hydrogen-bond donors (Lipinski definition) is 2. The molecule has 0 saturated carbocycles. The first-order chi connectivity index (χ1) is 10.0. The van der Waals surface area contributed by atoms with E-state index < -0.39 is 5.82 Å². The largest absolute Gasteiger partial charge is 0.395 e. The molecule has 2 N–H and O–H groups in total. The van der Waals surface area contributed by atoms with Crippen LogP contribution in [0.5, 0.6) is 0 Å². The van der Waals surface area contributed by atoms with Gasteiger partial charge in [0.2, 0.25) is 5.91 Å². The van der Waals surface area contributed by atoms with Gasteiger partial charge in [-0.25, -0.2) is 4.39 Å². The standard InChI is InChI=1S/C15H20ClFN2O2/c1-10-3-2-6-19(14(10)9-20)8-15(21)18-13-5-4-11(17)7-12(13)16/h4-5,7,10,14,20H,2-3,6,8-9H2,1H3,(H,18,21). The molecule has 0 aromatic heterocycles. The van der Waals surface area contributed by atoms with E-state index in [9.17, 15) is 14.3 Å². The van der Waals surface area contributed by atoms with Crippen molar-refractivity contribution in [3.63, 3.8) is 0 Å². The summed E-state index contributed by atoms with van der Waals surface area (Å²) in [5, 5.41) is 12.3. The zero-order chi connectivity index (χ0) is 15.4. The van der Waals surface area contributed by atoms with Crippen molar-refractivity contribution < 1.29 is 14.3 Å². The van der Waals surface area contributed by atoms with Gasteiger partial charge >= 0.3 is 0 Å². The third kappa shape index (κ3) is 4.15. The van der Waals surface area contributed by atoms with Gasteiger partial charge in [-0.3, -0.25) is 9.69 Å². The fourth-order valence-electron chi connectivity index (χ4n) is 2.79. The van der Waals surface area contributed by atoms with Crippen LogP contribution in [0.2, 0.25) is 5.02 Å². The summed E-state index contributed by atoms with van der Waals surface area (Å²) in [6, 6.07) is 3.86. The monoisotopic (exact) mass is 314 g/mol. The van der Waals surface area contributed by atoms with E-state index in [4.69, 9.17) is 11.6 Å². The number of piperidine rings is 1. The molecule has 1 fully saturated rings. The van der Waals surface area contributed by atoms with Gasteiger partial charge in [0, 0.05) is 6.04 Å². The lowest BCUT2D eigenvalue weighted by molar-refractivity contribution is -0.118. The van der Waals surface area contributed by atoms with Gasteiger partial charge < -0.3 is 10.4 Å². The Hall–Kier alpha value is -1.17. The van der Waals surface area contributed by atoms with E-state index in [1.54, 1.807) is 0 Å². The van der Waals surface area contributed by atoms with Crippen molar-refractivity contribution in [3.05, 3.63) is 29.0 Å². The lowest BCUT2D eigenvalue weighted by Gasteiger charge is -2.38. The Labute approximate surface area is 128 Å². The van der Waals surface area contributed by atoms with Crippen molar-refractivity contribution in [2.45, 2.75) is 25.8 Å². The van der Waals surface area contributed by atoms with Crippen LogP contribution in [0, 0.1) is 11.7 Å². The van der Waals surface area contributed by atoms with Crippen LogP contribution in [0.25, 0.3) is 0 Å². The molecule has 0 bridgehead atoms. The van der Waals surface area contributed by atoms with Gasteiger partial charge in [0.15, 0.2) is 0 Å². The third-order valence-corrected chi connectivity index (χ3v) is 4.28. The third-order valence-electron chi connectivity index (χ3n) is 3.97. The number of carbonyl (C=O) groups is 1. The average Bonchev–Trinajstić information content (AvgIpc) is 2.42. The molecule has 116 valence electrons. The molecule has 6 heteroatoms. The zero-order valence-electron chi connectivity index (χ0n) is 12.0. The molecule has 1 amide bonds. The number of likely N-dealkylation sites (tertiary alicyclic amines) is 1. The van der Waals surface area contributed by atoms with Crippen LogP contribution in [0.1, 0.15) is 19.8 Å². The molecule has 2 unspecified atom stereocenters. The molecule has 21 heavy (non-hydrogen) atoms. The Morgan fingerprint density at radius 1 is 1.57 bits per heavy atom. The number of nitrogens with zero attached hydrogens (tertiary/aromatic N) is 1. The number of hydrogen-bond acceptors (Lipinski definition) is 3. The van der Waals surface area contributed by atoms with E-state index in [2.05, 4.69) is 12.2 Å². The van der Waals surface area contributed by atoms with Crippen LogP contribution < -0.4 is 5.32 Å². The summed E-state index contributed by atoms with van der Waals surface area (Å²) in [5.41, 5.74) is 0.397. The van der Waals surface area contributed by atoms with Crippen LogP contribution in [0.15, 0.2) is 18.2 Å². The van der Waals surface area contributed by atoms with E-state index in [-0.39, 0.29) is 30.1 Å². The predicted molar refractivity (Wildman–Crippen MR) is 80.9 cm³/mol. The number of anilines is 1. The molecule has 1 aliphatic heterocycles. The SMILES string of the molecule is CC1CCCN(CC(=O)Nc2ccc(F)cc2Cl)C1CO. The number of nitrogens with one attached hydrogen (secondary N) is 1. The Balaban J connectivity index is 1.97. The summed E-state index contributed by atoms with van der Waals surface area (Å²) in [5.74, 6) is -0.287. The van der Waals surface area contributed by atoms with Gasteiger partial charge in [-0.05, 0) is 43.5 Å². The number of aliphatic hydroxyl groups is 1. The average molecular weight is 315 g/mol. The maximum Gasteiger partial charge on any atom is 0.238 e. The minimum Gasteiger partial charge on any atom is -0.395 e. The van der Waals surface area contributed by atoms with Crippen LogP contribution in [0.3, 0.4) is 0 Å². The number of benzene rings is 1. The van der Waals surface area contributed by atoms with E-state index in [0.717, 1.165) is 25.5 Å². The molecule has 1 aliphatic rings. The molecule has 1 saturated heterocycles. The molecular formula is C15H20ClFN2O2. The first-order valence-corrected chi connectivity index (χ1v) is 7.49. The summed E-state index contributed by atoms with van der Waals surface area (Å²) in [6.45, 7) is 3.12. The normalized spacial score (nSPS) is 23.0. The number of amides is 1. The highest BCUT2D eigenvalue weighted by Crippen LogP contribution is 2.24. The van der Waals surface area contributed by atoms with Gasteiger partial charge in [-0.1, -0.05) is 18.5 Å². The van der Waals surface area contributed by atoms with Gasteiger partial charge in [0.1, 0.15) is 5.82 Å². The topological polar surface area (TPSA) is 52.6 Å². The Morgan fingerprint density at radius 3 is 3.00 bits per heavy atom. The van der Waals surface area contributed by atoms with Crippen LogP contribution in [-0.2, 0) is 4.79 Å². The zero-order valence-corrected chi connectivity index (χ0v) is 12.7. The summed E-state index contributed by atoms with van der Waals surface area (Å²) in [4.78, 5) is 14.1. The fourth-order valence-corrected chi connectivity index (χ4v) is 3.01. The number of rotatable bonds is 4. The van der Waals surface area contributed by atoms with Gasteiger partial charge in [0.05, 0.1) is 23.9 Å². The highest BCUT2D eigenvalue weighted by molar-refractivity contribution is 6.33. The van der Waals surface area contributed by atoms with Gasteiger partial charge in [-0.15, -0.1) is 0 Å². The second kappa shape index (κ2) is 7.20. The fraction of sp³-hybridized carbons (Fsp3) is 0.533. The molecule has 0 aliphatic carbocycles. The van der Waals surface area contributed by atoms with Crippen molar-refractivity contribution in [3.8, 4) is 0 Å². The quantitative estimate of drug-likeness (QED) is 0.898. The Morgan fingerprint density at radius 2 is 2.33 bits per heavy atom. The Kier molecular flexibility index (Phi) is 5.56. The molecule has 1 aromatic rings. The minimum absolute atomic E-state index is 0.00758. The molecule has 4 nitrogen and oxygen atoms in total. The first-order valence-electron chi connectivity index (χ1n) is 7.11. The molecule has 0 radical (unpaired) electrons. The van der Waals surface area contributed by atoms with Crippen LogP contribution in [0.4, 0.5) is 10.1 Å². The summed E-state index contributed by atoms with van der Waals surface area (Å²) in [6.07, 6.45) is 2.08. The Bertz CT molecular complexity index is 512.